The molecule has 0 saturated heterocycles. The molecule has 0 heterocycles. The van der Waals surface area contributed by atoms with E-state index in [9.17, 15) is 29.3 Å². The smallest absolute Gasteiger partial charge is 0.269 e. The standard InChI is InChI=1S/C33H40N8O6/c1-21(2)28(40-31(44)27(20-22-10-5-3-6-11-22)39-29(42)23-12-7-4-8-13-23)32(45)38-26(14-9-19-36-33(34)35)30(43)37-24-15-17-25(18-16-24)41(46)47/h3-8,10-13,15-18,21,26-28H,9,14,19-20H2,1-2H3,(H,37,43)(H,38,45)(H,39,42)(H,40,44)(H4,34,35,36)/t26-,27-,28+/m1/s1. The molecule has 0 aromatic heterocycles. The Bertz CT molecular complexity index is 1540. The number of nitro benzene ring substituents is 1. The van der Waals surface area contributed by atoms with Gasteiger partial charge in [0.15, 0.2) is 5.96 Å². The van der Waals surface area contributed by atoms with Gasteiger partial charge in [0.25, 0.3) is 11.6 Å². The topological polar surface area (TPSA) is 224 Å². The zero-order valence-corrected chi connectivity index (χ0v) is 26.2. The summed E-state index contributed by atoms with van der Waals surface area (Å²) in [7, 11) is 0. The molecule has 0 aliphatic carbocycles. The largest absolute Gasteiger partial charge is 0.370 e. The molecule has 14 heteroatoms. The first-order chi connectivity index (χ1) is 22.4. The number of nitrogens with zero attached hydrogens (tertiary/aromatic N) is 2. The summed E-state index contributed by atoms with van der Waals surface area (Å²) in [5.41, 5.74) is 12.1. The van der Waals surface area contributed by atoms with Crippen LogP contribution in [0.4, 0.5) is 11.4 Å². The summed E-state index contributed by atoms with van der Waals surface area (Å²) in [5.74, 6) is -2.74. The van der Waals surface area contributed by atoms with Crippen LogP contribution >= 0.6 is 0 Å². The average Bonchev–Trinajstić information content (AvgIpc) is 3.05. The van der Waals surface area contributed by atoms with Crippen molar-refractivity contribution < 1.29 is 24.1 Å². The molecular weight excluding hydrogens is 604 g/mol. The molecule has 3 rings (SSSR count). The van der Waals surface area contributed by atoms with Crippen LogP contribution in [0.1, 0.15) is 42.6 Å². The van der Waals surface area contributed by atoms with E-state index in [2.05, 4.69) is 26.3 Å². The van der Waals surface area contributed by atoms with E-state index in [4.69, 9.17) is 11.5 Å². The maximum absolute atomic E-state index is 13.7. The Labute approximate surface area is 272 Å². The summed E-state index contributed by atoms with van der Waals surface area (Å²) in [6.07, 6.45) is 0.645. The van der Waals surface area contributed by atoms with Crippen molar-refractivity contribution in [2.75, 3.05) is 11.9 Å². The van der Waals surface area contributed by atoms with Crippen LogP contribution in [0, 0.1) is 16.0 Å². The molecule has 3 aromatic carbocycles. The molecule has 0 bridgehead atoms. The molecule has 248 valence electrons. The predicted molar refractivity (Wildman–Crippen MR) is 178 cm³/mol. The van der Waals surface area contributed by atoms with E-state index >= 15 is 0 Å². The van der Waals surface area contributed by atoms with Gasteiger partial charge in [-0.2, -0.15) is 0 Å². The van der Waals surface area contributed by atoms with Gasteiger partial charge in [0, 0.05) is 36.3 Å². The maximum Gasteiger partial charge on any atom is 0.269 e. The third-order valence-corrected chi connectivity index (χ3v) is 7.11. The predicted octanol–water partition coefficient (Wildman–Crippen LogP) is 2.25. The van der Waals surface area contributed by atoms with Gasteiger partial charge in [-0.3, -0.25) is 34.3 Å². The third-order valence-electron chi connectivity index (χ3n) is 7.11. The number of non-ortho nitro benzene ring substituents is 1. The van der Waals surface area contributed by atoms with E-state index < -0.39 is 52.6 Å². The SMILES string of the molecule is CC(C)[C@H](NC(=O)[C@@H](Cc1ccccc1)NC(=O)c1ccccc1)C(=O)N[C@H](CCCN=C(N)N)C(=O)Nc1ccc([N+](=O)[O-])cc1. The van der Waals surface area contributed by atoms with E-state index in [0.29, 0.717) is 12.0 Å². The van der Waals surface area contributed by atoms with Crippen molar-refractivity contribution in [3.8, 4) is 0 Å². The first-order valence-corrected chi connectivity index (χ1v) is 15.1. The Morgan fingerprint density at radius 3 is 1.98 bits per heavy atom. The Morgan fingerprint density at radius 2 is 1.40 bits per heavy atom. The number of anilines is 1. The first kappa shape index (κ1) is 35.7. The Kier molecular flexibility index (Phi) is 13.4. The molecule has 4 amide bonds. The number of nitrogens with two attached hydrogens (primary N) is 2. The van der Waals surface area contributed by atoms with Crippen LogP contribution in [-0.2, 0) is 20.8 Å². The highest BCUT2D eigenvalue weighted by atomic mass is 16.6. The van der Waals surface area contributed by atoms with E-state index in [1.165, 1.54) is 24.3 Å². The van der Waals surface area contributed by atoms with Crippen LogP contribution in [-0.4, -0.2) is 59.2 Å². The van der Waals surface area contributed by atoms with Gasteiger partial charge >= 0.3 is 0 Å². The summed E-state index contributed by atoms with van der Waals surface area (Å²) in [4.78, 5) is 68.0. The molecule has 47 heavy (non-hydrogen) atoms. The monoisotopic (exact) mass is 644 g/mol. The van der Waals surface area contributed by atoms with E-state index in [0.717, 1.165) is 5.56 Å². The fourth-order valence-electron chi connectivity index (χ4n) is 4.61. The molecule has 0 radical (unpaired) electrons. The van der Waals surface area contributed by atoms with Gasteiger partial charge in [-0.05, 0) is 48.6 Å². The fourth-order valence-corrected chi connectivity index (χ4v) is 4.61. The van der Waals surface area contributed by atoms with Gasteiger partial charge in [-0.15, -0.1) is 0 Å². The molecule has 14 nitrogen and oxygen atoms in total. The van der Waals surface area contributed by atoms with Crippen LogP contribution in [0.3, 0.4) is 0 Å². The highest BCUT2D eigenvalue weighted by Crippen LogP contribution is 2.16. The zero-order valence-electron chi connectivity index (χ0n) is 26.2. The normalized spacial score (nSPS) is 12.6. The second-order valence-electron chi connectivity index (χ2n) is 11.1. The van der Waals surface area contributed by atoms with Crippen molar-refractivity contribution in [1.82, 2.24) is 16.0 Å². The lowest BCUT2D eigenvalue weighted by Gasteiger charge is -2.27. The molecule has 0 saturated carbocycles. The van der Waals surface area contributed by atoms with Crippen LogP contribution in [0.25, 0.3) is 0 Å². The van der Waals surface area contributed by atoms with Crippen molar-refractivity contribution in [3.05, 3.63) is 106 Å². The molecule has 3 atom stereocenters. The summed E-state index contributed by atoms with van der Waals surface area (Å²) < 4.78 is 0. The lowest BCUT2D eigenvalue weighted by molar-refractivity contribution is -0.384. The van der Waals surface area contributed by atoms with Crippen LogP contribution < -0.4 is 32.7 Å². The van der Waals surface area contributed by atoms with E-state index in [1.807, 2.05) is 30.3 Å². The third kappa shape index (κ3) is 11.6. The van der Waals surface area contributed by atoms with Gasteiger partial charge < -0.3 is 32.7 Å². The van der Waals surface area contributed by atoms with Crippen molar-refractivity contribution in [3.63, 3.8) is 0 Å². The molecule has 0 spiro atoms. The van der Waals surface area contributed by atoms with Crippen LogP contribution in [0.2, 0.25) is 0 Å². The number of amides is 4. The number of nitrogens with one attached hydrogen (secondary N) is 4. The highest BCUT2D eigenvalue weighted by Gasteiger charge is 2.31. The quantitative estimate of drug-likeness (QED) is 0.0445. The van der Waals surface area contributed by atoms with Crippen molar-refractivity contribution in [2.24, 2.45) is 22.4 Å². The van der Waals surface area contributed by atoms with Crippen molar-refractivity contribution in [1.29, 1.82) is 0 Å². The number of aliphatic imine (C=N–C) groups is 1. The summed E-state index contributed by atoms with van der Waals surface area (Å²) >= 11 is 0. The van der Waals surface area contributed by atoms with Gasteiger partial charge in [0.05, 0.1) is 4.92 Å². The lowest BCUT2D eigenvalue weighted by Crippen LogP contribution is -2.58. The van der Waals surface area contributed by atoms with Gasteiger partial charge in [0.2, 0.25) is 17.7 Å². The molecule has 0 fully saturated rings. The highest BCUT2D eigenvalue weighted by molar-refractivity contribution is 6.00. The van der Waals surface area contributed by atoms with Gasteiger partial charge in [0.1, 0.15) is 18.1 Å². The number of hydrogen-bond acceptors (Lipinski definition) is 7. The van der Waals surface area contributed by atoms with Crippen molar-refractivity contribution in [2.45, 2.75) is 51.2 Å². The maximum atomic E-state index is 13.7. The number of guanidine groups is 1. The minimum Gasteiger partial charge on any atom is -0.370 e. The van der Waals surface area contributed by atoms with Crippen LogP contribution in [0.5, 0.6) is 0 Å². The Morgan fingerprint density at radius 1 is 0.787 bits per heavy atom. The van der Waals surface area contributed by atoms with Gasteiger partial charge in [-0.25, -0.2) is 0 Å². The van der Waals surface area contributed by atoms with Crippen molar-refractivity contribution >= 4 is 41.0 Å². The summed E-state index contributed by atoms with van der Waals surface area (Å²) in [6, 6.07) is 19.7. The first-order valence-electron chi connectivity index (χ1n) is 15.1. The minimum atomic E-state index is -1.07. The second kappa shape index (κ2) is 17.6. The Hall–Kier alpha value is -5.79. The number of benzene rings is 3. The van der Waals surface area contributed by atoms with Crippen LogP contribution in [0.15, 0.2) is 89.9 Å². The fraction of sp³-hybridized carbons (Fsp3) is 0.303. The summed E-state index contributed by atoms with van der Waals surface area (Å²) in [6.45, 7) is 3.68. The van der Waals surface area contributed by atoms with E-state index in [1.54, 1.807) is 44.2 Å². The van der Waals surface area contributed by atoms with Gasteiger partial charge in [-0.1, -0.05) is 62.4 Å². The number of carbonyl (C=O) groups is 4. The second-order valence-corrected chi connectivity index (χ2v) is 11.1. The van der Waals surface area contributed by atoms with E-state index in [-0.39, 0.29) is 36.7 Å². The average molecular weight is 645 g/mol. The number of carbonyl (C=O) groups excluding carboxylic acids is 4. The number of nitro groups is 1. The molecule has 0 aliphatic heterocycles. The molecule has 0 aliphatic rings. The number of hydrogen-bond donors (Lipinski definition) is 6. The summed E-state index contributed by atoms with van der Waals surface area (Å²) in [5, 5.41) is 21.9. The minimum absolute atomic E-state index is 0.118. The molecule has 3 aromatic rings. The lowest BCUT2D eigenvalue weighted by atomic mass is 10.00. The molecular formula is C33H40N8O6. The molecule has 8 N–H and O–H groups in total. The number of rotatable bonds is 16. The Balaban J connectivity index is 1.78. The molecule has 0 unspecified atom stereocenters. The zero-order chi connectivity index (χ0) is 34.3.